The Hall–Kier alpha value is -1.95. The maximum atomic E-state index is 13.3. The van der Waals surface area contributed by atoms with Crippen LogP contribution >= 0.6 is 0 Å². The van der Waals surface area contributed by atoms with E-state index in [-0.39, 0.29) is 17.6 Å². The van der Waals surface area contributed by atoms with Gasteiger partial charge in [-0.25, -0.2) is 9.18 Å². The van der Waals surface area contributed by atoms with E-state index in [2.05, 4.69) is 4.90 Å². The molecule has 0 unspecified atom stereocenters. The quantitative estimate of drug-likeness (QED) is 0.916. The van der Waals surface area contributed by atoms with Crippen LogP contribution in [0.3, 0.4) is 0 Å². The van der Waals surface area contributed by atoms with Crippen LogP contribution in [0.25, 0.3) is 0 Å². The third-order valence-electron chi connectivity index (χ3n) is 4.97. The topological polar surface area (TPSA) is 60.9 Å². The summed E-state index contributed by atoms with van der Waals surface area (Å²) in [5, 5.41) is 9.26. The predicted molar refractivity (Wildman–Crippen MR) is 86.8 cm³/mol. The number of piperidine rings is 1. The Labute approximate surface area is 141 Å². The zero-order chi connectivity index (χ0) is 17.1. The molecule has 0 radical (unpaired) electrons. The van der Waals surface area contributed by atoms with Crippen LogP contribution in [0.15, 0.2) is 24.3 Å². The number of carboxylic acid groups (broad SMARTS) is 1. The molecule has 2 saturated heterocycles. The number of nitrogens with zero attached hydrogens (tertiary/aromatic N) is 2. The summed E-state index contributed by atoms with van der Waals surface area (Å²) in [6, 6.07) is 5.85. The van der Waals surface area contributed by atoms with Gasteiger partial charge in [0.15, 0.2) is 0 Å². The average Bonchev–Trinajstić information content (AvgIpc) is 3.04. The molecule has 2 fully saturated rings. The molecule has 1 aromatic carbocycles. The van der Waals surface area contributed by atoms with Gasteiger partial charge in [-0.1, -0.05) is 12.1 Å². The van der Waals surface area contributed by atoms with Gasteiger partial charge in [0, 0.05) is 19.6 Å². The highest BCUT2D eigenvalue weighted by atomic mass is 19.1. The van der Waals surface area contributed by atoms with E-state index >= 15 is 0 Å². The Morgan fingerprint density at radius 2 is 2.00 bits per heavy atom. The second kappa shape index (κ2) is 7.30. The van der Waals surface area contributed by atoms with E-state index in [0.717, 1.165) is 31.4 Å². The summed E-state index contributed by atoms with van der Waals surface area (Å²) in [7, 11) is 0. The first-order valence-electron chi connectivity index (χ1n) is 8.54. The fraction of sp³-hybridized carbons (Fsp3) is 0.556. The van der Waals surface area contributed by atoms with Gasteiger partial charge in [0.05, 0.1) is 5.92 Å². The van der Waals surface area contributed by atoms with Gasteiger partial charge in [-0.2, -0.15) is 0 Å². The summed E-state index contributed by atoms with van der Waals surface area (Å²) in [5.41, 5.74) is 0.896. The number of carbonyl (C=O) groups excluding carboxylic acids is 1. The number of hydrogen-bond donors (Lipinski definition) is 1. The van der Waals surface area contributed by atoms with Crippen molar-refractivity contribution in [1.29, 1.82) is 0 Å². The van der Waals surface area contributed by atoms with Crippen LogP contribution in [0.5, 0.6) is 0 Å². The number of benzene rings is 1. The summed E-state index contributed by atoms with van der Waals surface area (Å²) in [5.74, 6) is -1.36. The van der Waals surface area contributed by atoms with Crippen LogP contribution in [0.4, 0.5) is 4.39 Å². The summed E-state index contributed by atoms with van der Waals surface area (Å²) >= 11 is 0. The van der Waals surface area contributed by atoms with Crippen LogP contribution in [-0.2, 0) is 16.1 Å². The van der Waals surface area contributed by atoms with E-state index in [1.54, 1.807) is 11.0 Å². The molecule has 6 heteroatoms. The molecule has 2 heterocycles. The minimum atomic E-state index is -0.909. The maximum absolute atomic E-state index is 13.3. The lowest BCUT2D eigenvalue weighted by atomic mass is 9.95. The number of likely N-dealkylation sites (tertiary alicyclic amines) is 2. The Kier molecular flexibility index (Phi) is 5.14. The molecular formula is C18H23FN2O3. The number of hydrogen-bond acceptors (Lipinski definition) is 3. The van der Waals surface area contributed by atoms with Crippen molar-refractivity contribution in [2.24, 2.45) is 5.92 Å². The molecule has 2 atom stereocenters. The first-order chi connectivity index (χ1) is 11.5. The predicted octanol–water partition coefficient (Wildman–Crippen LogP) is 2.11. The number of carboxylic acids is 1. The monoisotopic (exact) mass is 334 g/mol. The fourth-order valence-corrected chi connectivity index (χ4v) is 3.82. The van der Waals surface area contributed by atoms with Gasteiger partial charge in [0.25, 0.3) is 0 Å². The highest BCUT2D eigenvalue weighted by molar-refractivity contribution is 5.85. The van der Waals surface area contributed by atoms with Gasteiger partial charge in [-0.3, -0.25) is 9.69 Å². The molecule has 3 rings (SSSR count). The molecule has 1 aromatic rings. The zero-order valence-corrected chi connectivity index (χ0v) is 13.7. The molecule has 5 nitrogen and oxygen atoms in total. The van der Waals surface area contributed by atoms with Gasteiger partial charge in [0.1, 0.15) is 11.9 Å². The molecule has 0 aromatic heterocycles. The Morgan fingerprint density at radius 1 is 1.21 bits per heavy atom. The largest absolute Gasteiger partial charge is 0.480 e. The molecule has 0 saturated carbocycles. The number of aliphatic carboxylic acids is 1. The minimum Gasteiger partial charge on any atom is -0.480 e. The van der Waals surface area contributed by atoms with Crippen molar-refractivity contribution in [1.82, 2.24) is 9.80 Å². The Bertz CT molecular complexity index is 622. The van der Waals surface area contributed by atoms with Crippen LogP contribution in [0, 0.1) is 11.7 Å². The van der Waals surface area contributed by atoms with E-state index in [9.17, 15) is 19.1 Å². The van der Waals surface area contributed by atoms with E-state index in [0.29, 0.717) is 26.1 Å². The van der Waals surface area contributed by atoms with Crippen molar-refractivity contribution in [2.75, 3.05) is 19.6 Å². The van der Waals surface area contributed by atoms with Crippen molar-refractivity contribution >= 4 is 11.9 Å². The molecule has 1 amide bonds. The molecule has 130 valence electrons. The van der Waals surface area contributed by atoms with E-state index in [1.165, 1.54) is 12.1 Å². The lowest BCUT2D eigenvalue weighted by Gasteiger charge is -2.35. The number of amides is 1. The van der Waals surface area contributed by atoms with E-state index < -0.39 is 12.0 Å². The third kappa shape index (κ3) is 3.75. The number of rotatable bonds is 4. The summed E-state index contributed by atoms with van der Waals surface area (Å²) < 4.78 is 13.3. The van der Waals surface area contributed by atoms with Crippen LogP contribution < -0.4 is 0 Å². The molecule has 24 heavy (non-hydrogen) atoms. The van der Waals surface area contributed by atoms with Gasteiger partial charge in [-0.15, -0.1) is 0 Å². The number of halogens is 1. The average molecular weight is 334 g/mol. The SMILES string of the molecule is O=C(O)[C@H]1CCCN1C(=O)[C@H]1CCCN(Cc2cccc(F)c2)C1. The molecule has 0 aliphatic carbocycles. The van der Waals surface area contributed by atoms with Crippen molar-refractivity contribution in [3.05, 3.63) is 35.6 Å². The lowest BCUT2D eigenvalue weighted by Crippen LogP contribution is -2.48. The first-order valence-corrected chi connectivity index (χ1v) is 8.54. The van der Waals surface area contributed by atoms with E-state index in [1.807, 2.05) is 6.07 Å². The molecule has 1 N–H and O–H groups in total. The third-order valence-corrected chi connectivity index (χ3v) is 4.97. The van der Waals surface area contributed by atoms with Crippen molar-refractivity contribution < 1.29 is 19.1 Å². The first kappa shape index (κ1) is 16.9. The summed E-state index contributed by atoms with van der Waals surface area (Å²) in [6.45, 7) is 2.64. The lowest BCUT2D eigenvalue weighted by molar-refractivity contribution is -0.150. The van der Waals surface area contributed by atoms with Gasteiger partial charge in [0.2, 0.25) is 5.91 Å². The maximum Gasteiger partial charge on any atom is 0.326 e. The smallest absolute Gasteiger partial charge is 0.326 e. The molecule has 0 spiro atoms. The van der Waals surface area contributed by atoms with Crippen LogP contribution in [0.2, 0.25) is 0 Å². The minimum absolute atomic E-state index is 0.0381. The normalized spacial score (nSPS) is 25.0. The fourth-order valence-electron chi connectivity index (χ4n) is 3.82. The molecular weight excluding hydrogens is 311 g/mol. The summed E-state index contributed by atoms with van der Waals surface area (Å²) in [4.78, 5) is 27.7. The van der Waals surface area contributed by atoms with Crippen molar-refractivity contribution in [2.45, 2.75) is 38.3 Å². The van der Waals surface area contributed by atoms with Crippen molar-refractivity contribution in [3.63, 3.8) is 0 Å². The highest BCUT2D eigenvalue weighted by Gasteiger charge is 2.38. The molecule has 2 aliphatic rings. The van der Waals surface area contributed by atoms with Gasteiger partial charge >= 0.3 is 5.97 Å². The highest BCUT2D eigenvalue weighted by Crippen LogP contribution is 2.25. The molecule has 2 aliphatic heterocycles. The summed E-state index contributed by atoms with van der Waals surface area (Å²) in [6.07, 6.45) is 2.99. The Balaban J connectivity index is 1.62. The van der Waals surface area contributed by atoms with Gasteiger partial charge < -0.3 is 10.0 Å². The molecule has 0 bridgehead atoms. The standard InChI is InChI=1S/C18H23FN2O3/c19-15-6-1-4-13(10-15)11-20-8-2-5-14(12-20)17(22)21-9-3-7-16(21)18(23)24/h1,4,6,10,14,16H,2-3,5,7-9,11-12H2,(H,23,24)/t14-,16+/m0/s1. The second-order valence-corrected chi connectivity index (χ2v) is 6.73. The van der Waals surface area contributed by atoms with Crippen LogP contribution in [0.1, 0.15) is 31.2 Å². The second-order valence-electron chi connectivity index (χ2n) is 6.73. The zero-order valence-electron chi connectivity index (χ0n) is 13.7. The number of carbonyl (C=O) groups is 2. The van der Waals surface area contributed by atoms with E-state index in [4.69, 9.17) is 0 Å². The van der Waals surface area contributed by atoms with Crippen LogP contribution in [-0.4, -0.2) is 52.5 Å². The van der Waals surface area contributed by atoms with Crippen molar-refractivity contribution in [3.8, 4) is 0 Å². The van der Waals surface area contributed by atoms with Gasteiger partial charge in [-0.05, 0) is 49.9 Å². The Morgan fingerprint density at radius 3 is 2.75 bits per heavy atom.